The minimum Gasteiger partial charge on any atom is -0.483 e. The zero-order valence-electron chi connectivity index (χ0n) is 16.2. The molecule has 0 spiro atoms. The molecule has 0 atom stereocenters. The fraction of sp³-hybridized carbons (Fsp3) is 0.174. The van der Waals surface area contributed by atoms with Crippen molar-refractivity contribution in [2.75, 3.05) is 11.9 Å². The second kappa shape index (κ2) is 10.0. The lowest BCUT2D eigenvalue weighted by molar-refractivity contribution is -0.118. The van der Waals surface area contributed by atoms with Crippen molar-refractivity contribution in [2.45, 2.75) is 19.9 Å². The summed E-state index contributed by atoms with van der Waals surface area (Å²) in [6, 6.07) is 18.4. The largest absolute Gasteiger partial charge is 0.483 e. The lowest BCUT2D eigenvalue weighted by Crippen LogP contribution is -2.23. The SMILES string of the molecule is CCc1ccccc1OCC(=O)Nc1cccc(CNC(=O)c2cccnc2)c1. The fourth-order valence-corrected chi connectivity index (χ4v) is 2.82. The van der Waals surface area contributed by atoms with E-state index in [1.165, 1.54) is 6.20 Å². The molecule has 2 N–H and O–H groups in total. The fourth-order valence-electron chi connectivity index (χ4n) is 2.82. The number of amides is 2. The monoisotopic (exact) mass is 389 g/mol. The van der Waals surface area contributed by atoms with E-state index in [1.54, 1.807) is 24.4 Å². The average molecular weight is 389 g/mol. The highest BCUT2D eigenvalue weighted by atomic mass is 16.5. The maximum absolute atomic E-state index is 12.2. The molecule has 0 saturated carbocycles. The minimum atomic E-state index is -0.243. The molecule has 0 radical (unpaired) electrons. The third-order valence-electron chi connectivity index (χ3n) is 4.30. The average Bonchev–Trinajstić information content (AvgIpc) is 2.77. The number of pyridine rings is 1. The maximum atomic E-state index is 12.2. The number of carbonyl (C=O) groups is 2. The quantitative estimate of drug-likeness (QED) is 0.617. The van der Waals surface area contributed by atoms with Gasteiger partial charge in [-0.1, -0.05) is 37.3 Å². The second-order valence-electron chi connectivity index (χ2n) is 6.42. The highest BCUT2D eigenvalue weighted by Crippen LogP contribution is 2.18. The first kappa shape index (κ1) is 20.1. The van der Waals surface area contributed by atoms with E-state index in [-0.39, 0.29) is 18.4 Å². The van der Waals surface area contributed by atoms with Crippen LogP contribution >= 0.6 is 0 Å². The van der Waals surface area contributed by atoms with Crippen LogP contribution in [0, 0.1) is 0 Å². The van der Waals surface area contributed by atoms with E-state index in [9.17, 15) is 9.59 Å². The summed E-state index contributed by atoms with van der Waals surface area (Å²) in [4.78, 5) is 28.3. The van der Waals surface area contributed by atoms with E-state index >= 15 is 0 Å². The zero-order valence-corrected chi connectivity index (χ0v) is 16.2. The summed E-state index contributed by atoms with van der Waals surface area (Å²) < 4.78 is 5.65. The molecule has 0 saturated heterocycles. The van der Waals surface area contributed by atoms with Gasteiger partial charge < -0.3 is 15.4 Å². The van der Waals surface area contributed by atoms with E-state index in [1.807, 2.05) is 49.4 Å². The van der Waals surface area contributed by atoms with Crippen molar-refractivity contribution in [3.05, 3.63) is 89.7 Å². The summed E-state index contributed by atoms with van der Waals surface area (Å²) >= 11 is 0. The molecular formula is C23H23N3O3. The Morgan fingerprint density at radius 1 is 1.03 bits per heavy atom. The van der Waals surface area contributed by atoms with Gasteiger partial charge >= 0.3 is 0 Å². The van der Waals surface area contributed by atoms with Crippen molar-refractivity contribution in [1.29, 1.82) is 0 Å². The van der Waals surface area contributed by atoms with Crippen molar-refractivity contribution in [3.8, 4) is 5.75 Å². The highest BCUT2D eigenvalue weighted by molar-refractivity contribution is 5.94. The summed E-state index contributed by atoms with van der Waals surface area (Å²) in [7, 11) is 0. The first-order valence-electron chi connectivity index (χ1n) is 9.43. The number of nitrogens with zero attached hydrogens (tertiary/aromatic N) is 1. The molecule has 0 fully saturated rings. The predicted octanol–water partition coefficient (Wildman–Crippen LogP) is 3.59. The number of benzene rings is 2. The molecule has 148 valence electrons. The lowest BCUT2D eigenvalue weighted by atomic mass is 10.1. The van der Waals surface area contributed by atoms with Gasteiger partial charge in [0.25, 0.3) is 11.8 Å². The van der Waals surface area contributed by atoms with Crippen molar-refractivity contribution in [3.63, 3.8) is 0 Å². The standard InChI is InChI=1S/C23H23N3O3/c1-2-18-8-3-4-11-21(18)29-16-22(27)26-20-10-5-7-17(13-20)14-25-23(28)19-9-6-12-24-15-19/h3-13,15H,2,14,16H2,1H3,(H,25,28)(H,26,27). The maximum Gasteiger partial charge on any atom is 0.262 e. The molecule has 0 unspecified atom stereocenters. The number of aryl methyl sites for hydroxylation is 1. The van der Waals surface area contributed by atoms with Crippen molar-refractivity contribution < 1.29 is 14.3 Å². The zero-order chi connectivity index (χ0) is 20.5. The Morgan fingerprint density at radius 3 is 2.69 bits per heavy atom. The number of para-hydroxylation sites is 1. The Labute approximate surface area is 169 Å². The predicted molar refractivity (Wildman–Crippen MR) is 112 cm³/mol. The van der Waals surface area contributed by atoms with E-state index in [0.717, 1.165) is 23.3 Å². The van der Waals surface area contributed by atoms with Crippen LogP contribution in [0.2, 0.25) is 0 Å². The second-order valence-corrected chi connectivity index (χ2v) is 6.42. The number of hydrogen-bond acceptors (Lipinski definition) is 4. The van der Waals surface area contributed by atoms with E-state index in [0.29, 0.717) is 17.8 Å². The van der Waals surface area contributed by atoms with Gasteiger partial charge in [-0.05, 0) is 47.9 Å². The molecule has 1 heterocycles. The molecule has 6 nitrogen and oxygen atoms in total. The molecule has 2 amide bonds. The Bertz CT molecular complexity index is 974. The van der Waals surface area contributed by atoms with Gasteiger partial charge in [-0.2, -0.15) is 0 Å². The first-order valence-corrected chi connectivity index (χ1v) is 9.43. The Hall–Kier alpha value is -3.67. The molecule has 6 heteroatoms. The van der Waals surface area contributed by atoms with Gasteiger partial charge in [0.15, 0.2) is 6.61 Å². The van der Waals surface area contributed by atoms with E-state index in [4.69, 9.17) is 4.74 Å². The van der Waals surface area contributed by atoms with Crippen LogP contribution in [0.4, 0.5) is 5.69 Å². The van der Waals surface area contributed by atoms with Crippen LogP contribution in [0.3, 0.4) is 0 Å². The number of aromatic nitrogens is 1. The highest BCUT2D eigenvalue weighted by Gasteiger charge is 2.08. The smallest absolute Gasteiger partial charge is 0.262 e. The summed E-state index contributed by atoms with van der Waals surface area (Å²) in [5.74, 6) is 0.278. The van der Waals surface area contributed by atoms with Crippen LogP contribution in [0.15, 0.2) is 73.1 Å². The molecule has 29 heavy (non-hydrogen) atoms. The lowest BCUT2D eigenvalue weighted by Gasteiger charge is -2.11. The van der Waals surface area contributed by atoms with Gasteiger partial charge in [0, 0.05) is 24.6 Å². The van der Waals surface area contributed by atoms with E-state index in [2.05, 4.69) is 15.6 Å². The van der Waals surface area contributed by atoms with Crippen molar-refractivity contribution in [1.82, 2.24) is 10.3 Å². The first-order chi connectivity index (χ1) is 14.2. The Balaban J connectivity index is 1.52. The number of rotatable bonds is 8. The minimum absolute atomic E-state index is 0.0705. The van der Waals surface area contributed by atoms with Gasteiger partial charge in [-0.3, -0.25) is 14.6 Å². The molecule has 3 rings (SSSR count). The Kier molecular flexibility index (Phi) is 6.95. The van der Waals surface area contributed by atoms with Gasteiger partial charge in [-0.15, -0.1) is 0 Å². The van der Waals surface area contributed by atoms with Gasteiger partial charge in [0.1, 0.15) is 5.75 Å². The molecule has 2 aromatic carbocycles. The summed E-state index contributed by atoms with van der Waals surface area (Å²) in [6.07, 6.45) is 3.97. The van der Waals surface area contributed by atoms with Crippen molar-refractivity contribution >= 4 is 17.5 Å². The Morgan fingerprint density at radius 2 is 1.90 bits per heavy atom. The number of anilines is 1. The summed E-state index contributed by atoms with van der Waals surface area (Å²) in [5.41, 5.74) is 3.08. The van der Waals surface area contributed by atoms with Gasteiger partial charge in [-0.25, -0.2) is 0 Å². The van der Waals surface area contributed by atoms with Crippen molar-refractivity contribution in [2.24, 2.45) is 0 Å². The van der Waals surface area contributed by atoms with Crippen LogP contribution in [-0.4, -0.2) is 23.4 Å². The molecular weight excluding hydrogens is 366 g/mol. The van der Waals surface area contributed by atoms with Crippen LogP contribution in [0.1, 0.15) is 28.4 Å². The molecule has 3 aromatic rings. The number of ether oxygens (including phenoxy) is 1. The number of nitrogens with one attached hydrogen (secondary N) is 2. The molecule has 0 aliphatic heterocycles. The van der Waals surface area contributed by atoms with Crippen LogP contribution in [0.25, 0.3) is 0 Å². The normalized spacial score (nSPS) is 10.2. The molecule has 1 aromatic heterocycles. The van der Waals surface area contributed by atoms with Gasteiger partial charge in [0.05, 0.1) is 5.56 Å². The topological polar surface area (TPSA) is 80.3 Å². The summed E-state index contributed by atoms with van der Waals surface area (Å²) in [6.45, 7) is 2.32. The number of hydrogen-bond donors (Lipinski definition) is 2. The van der Waals surface area contributed by atoms with Crippen LogP contribution < -0.4 is 15.4 Å². The summed E-state index contributed by atoms with van der Waals surface area (Å²) in [5, 5.41) is 5.66. The third-order valence-corrected chi connectivity index (χ3v) is 4.30. The van der Waals surface area contributed by atoms with Crippen LogP contribution in [-0.2, 0) is 17.8 Å². The van der Waals surface area contributed by atoms with E-state index < -0.39 is 0 Å². The molecule has 0 aliphatic rings. The number of carbonyl (C=O) groups excluding carboxylic acids is 2. The van der Waals surface area contributed by atoms with Crippen LogP contribution in [0.5, 0.6) is 5.75 Å². The van der Waals surface area contributed by atoms with Gasteiger partial charge in [0.2, 0.25) is 0 Å². The molecule has 0 bridgehead atoms. The molecule has 0 aliphatic carbocycles. The third kappa shape index (κ3) is 5.90.